The van der Waals surface area contributed by atoms with E-state index in [2.05, 4.69) is 20.2 Å². The van der Waals surface area contributed by atoms with E-state index in [1.807, 2.05) is 18.2 Å². The zero-order valence-corrected chi connectivity index (χ0v) is 11.5. The average molecular weight is 275 g/mol. The zero-order valence-electron chi connectivity index (χ0n) is 10.7. The molecule has 1 N–H and O–H groups in total. The van der Waals surface area contributed by atoms with Gasteiger partial charge in [-0.1, -0.05) is 6.07 Å². The molecule has 1 aliphatic heterocycles. The highest BCUT2D eigenvalue weighted by Crippen LogP contribution is 2.23. The molecule has 4 nitrogen and oxygen atoms in total. The SMILES string of the molecule is OCC1CCN(Cc2csc(-c3ccccn3)n2)C1. The first-order valence-corrected chi connectivity index (χ1v) is 7.42. The number of hydrogen-bond acceptors (Lipinski definition) is 5. The molecule has 0 amide bonds. The molecule has 19 heavy (non-hydrogen) atoms. The number of hydrogen-bond donors (Lipinski definition) is 1. The fraction of sp³-hybridized carbons (Fsp3) is 0.429. The highest BCUT2D eigenvalue weighted by Gasteiger charge is 2.22. The van der Waals surface area contributed by atoms with Gasteiger partial charge in [-0.25, -0.2) is 4.98 Å². The summed E-state index contributed by atoms with van der Waals surface area (Å²) in [7, 11) is 0. The van der Waals surface area contributed by atoms with Crippen molar-refractivity contribution in [1.29, 1.82) is 0 Å². The van der Waals surface area contributed by atoms with Crippen LogP contribution in [0.15, 0.2) is 29.8 Å². The summed E-state index contributed by atoms with van der Waals surface area (Å²) in [6.45, 7) is 3.21. The van der Waals surface area contributed by atoms with Crippen molar-refractivity contribution in [3.63, 3.8) is 0 Å². The molecule has 0 radical (unpaired) electrons. The van der Waals surface area contributed by atoms with Crippen molar-refractivity contribution in [1.82, 2.24) is 14.9 Å². The molecule has 5 heteroatoms. The van der Waals surface area contributed by atoms with E-state index in [0.717, 1.165) is 42.5 Å². The van der Waals surface area contributed by atoms with Crippen LogP contribution in [0.5, 0.6) is 0 Å². The first kappa shape index (κ1) is 12.7. The van der Waals surface area contributed by atoms with E-state index in [9.17, 15) is 0 Å². The van der Waals surface area contributed by atoms with Gasteiger partial charge in [0.05, 0.1) is 11.4 Å². The zero-order chi connectivity index (χ0) is 13.1. The van der Waals surface area contributed by atoms with Gasteiger partial charge in [0.2, 0.25) is 0 Å². The summed E-state index contributed by atoms with van der Waals surface area (Å²) in [4.78, 5) is 11.3. The number of nitrogens with zero attached hydrogens (tertiary/aromatic N) is 3. The smallest absolute Gasteiger partial charge is 0.142 e. The molecule has 0 saturated carbocycles. The minimum atomic E-state index is 0.298. The van der Waals surface area contributed by atoms with Crippen molar-refractivity contribution >= 4 is 11.3 Å². The lowest BCUT2D eigenvalue weighted by Gasteiger charge is -2.13. The van der Waals surface area contributed by atoms with Gasteiger partial charge in [-0.05, 0) is 31.0 Å². The van der Waals surface area contributed by atoms with Crippen LogP contribution in [-0.4, -0.2) is 39.7 Å². The van der Waals surface area contributed by atoms with Crippen LogP contribution in [0.25, 0.3) is 10.7 Å². The van der Waals surface area contributed by atoms with Gasteiger partial charge in [0, 0.05) is 31.3 Å². The van der Waals surface area contributed by atoms with Crippen molar-refractivity contribution < 1.29 is 5.11 Å². The van der Waals surface area contributed by atoms with Gasteiger partial charge in [-0.3, -0.25) is 9.88 Å². The number of pyridine rings is 1. The van der Waals surface area contributed by atoms with Crippen molar-refractivity contribution in [2.24, 2.45) is 5.92 Å². The minimum Gasteiger partial charge on any atom is -0.396 e. The first-order chi connectivity index (χ1) is 9.35. The second-order valence-corrected chi connectivity index (χ2v) is 5.79. The maximum atomic E-state index is 9.15. The lowest BCUT2D eigenvalue weighted by atomic mass is 10.1. The topological polar surface area (TPSA) is 49.2 Å². The van der Waals surface area contributed by atoms with Crippen LogP contribution in [0.2, 0.25) is 0 Å². The van der Waals surface area contributed by atoms with E-state index < -0.39 is 0 Å². The van der Waals surface area contributed by atoms with Gasteiger partial charge in [-0.2, -0.15) is 0 Å². The summed E-state index contributed by atoms with van der Waals surface area (Å²) in [5, 5.41) is 12.2. The number of aromatic nitrogens is 2. The van der Waals surface area contributed by atoms with Crippen molar-refractivity contribution in [3.8, 4) is 10.7 Å². The Hall–Kier alpha value is -1.30. The van der Waals surface area contributed by atoms with E-state index in [1.54, 1.807) is 17.5 Å². The molecule has 1 saturated heterocycles. The molecule has 3 rings (SSSR count). The van der Waals surface area contributed by atoms with E-state index in [-0.39, 0.29) is 0 Å². The molecular weight excluding hydrogens is 258 g/mol. The van der Waals surface area contributed by atoms with Gasteiger partial charge in [0.15, 0.2) is 0 Å². The normalized spacial score (nSPS) is 19.9. The van der Waals surface area contributed by atoms with Crippen LogP contribution in [-0.2, 0) is 6.54 Å². The molecule has 1 fully saturated rings. The molecule has 2 aromatic heterocycles. The van der Waals surface area contributed by atoms with Gasteiger partial charge in [-0.15, -0.1) is 11.3 Å². The maximum Gasteiger partial charge on any atom is 0.142 e. The number of rotatable bonds is 4. The Bertz CT molecular complexity index is 528. The third-order valence-corrected chi connectivity index (χ3v) is 4.36. The monoisotopic (exact) mass is 275 g/mol. The molecular formula is C14H17N3OS. The van der Waals surface area contributed by atoms with Crippen molar-refractivity contribution in [2.45, 2.75) is 13.0 Å². The second-order valence-electron chi connectivity index (χ2n) is 4.93. The first-order valence-electron chi connectivity index (χ1n) is 6.54. The quantitative estimate of drug-likeness (QED) is 0.927. The Morgan fingerprint density at radius 3 is 3.11 bits per heavy atom. The summed E-state index contributed by atoms with van der Waals surface area (Å²) in [5.41, 5.74) is 2.04. The summed E-state index contributed by atoms with van der Waals surface area (Å²) in [6, 6.07) is 5.88. The highest BCUT2D eigenvalue weighted by molar-refractivity contribution is 7.13. The maximum absolute atomic E-state index is 9.15. The van der Waals surface area contributed by atoms with Gasteiger partial charge in [0.1, 0.15) is 5.01 Å². The second kappa shape index (κ2) is 5.77. The molecule has 2 aromatic rings. The van der Waals surface area contributed by atoms with Crippen LogP contribution in [0.3, 0.4) is 0 Å². The Labute approximate surface area is 116 Å². The Balaban J connectivity index is 1.66. The predicted molar refractivity (Wildman–Crippen MR) is 75.8 cm³/mol. The van der Waals surface area contributed by atoms with Gasteiger partial charge < -0.3 is 5.11 Å². The van der Waals surface area contributed by atoms with E-state index in [0.29, 0.717) is 12.5 Å². The summed E-state index contributed by atoms with van der Waals surface area (Å²) < 4.78 is 0. The highest BCUT2D eigenvalue weighted by atomic mass is 32.1. The standard InChI is InChI=1S/C14H17N3OS/c18-9-11-4-6-17(7-11)8-12-10-19-14(16-12)13-3-1-2-5-15-13/h1-3,5,10-11,18H,4,6-9H2. The van der Waals surface area contributed by atoms with E-state index >= 15 is 0 Å². The summed E-state index contributed by atoms with van der Waals surface area (Å²) in [5.74, 6) is 0.439. The molecule has 0 aliphatic carbocycles. The Kier molecular flexibility index (Phi) is 3.87. The average Bonchev–Trinajstić information content (AvgIpc) is 3.09. The van der Waals surface area contributed by atoms with Gasteiger partial charge >= 0.3 is 0 Å². The lowest BCUT2D eigenvalue weighted by Crippen LogP contribution is -2.21. The number of aliphatic hydroxyl groups is 1. The van der Waals surface area contributed by atoms with Crippen LogP contribution < -0.4 is 0 Å². The number of thiazole rings is 1. The van der Waals surface area contributed by atoms with Crippen LogP contribution in [0, 0.1) is 5.92 Å². The third kappa shape index (κ3) is 3.00. The molecule has 1 aliphatic rings. The molecule has 0 aromatic carbocycles. The van der Waals surface area contributed by atoms with Crippen molar-refractivity contribution in [2.75, 3.05) is 19.7 Å². The van der Waals surface area contributed by atoms with Crippen LogP contribution in [0.4, 0.5) is 0 Å². The lowest BCUT2D eigenvalue weighted by molar-refractivity contribution is 0.219. The van der Waals surface area contributed by atoms with Gasteiger partial charge in [0.25, 0.3) is 0 Å². The predicted octanol–water partition coefficient (Wildman–Crippen LogP) is 2.02. The van der Waals surface area contributed by atoms with E-state index in [1.165, 1.54) is 0 Å². The van der Waals surface area contributed by atoms with E-state index in [4.69, 9.17) is 5.11 Å². The molecule has 3 heterocycles. The molecule has 100 valence electrons. The Morgan fingerprint density at radius 1 is 1.42 bits per heavy atom. The third-order valence-electron chi connectivity index (χ3n) is 3.45. The molecule has 0 bridgehead atoms. The summed E-state index contributed by atoms with van der Waals surface area (Å²) in [6.07, 6.45) is 2.89. The van der Waals surface area contributed by atoms with Crippen LogP contribution >= 0.6 is 11.3 Å². The Morgan fingerprint density at radius 2 is 2.37 bits per heavy atom. The van der Waals surface area contributed by atoms with Crippen LogP contribution in [0.1, 0.15) is 12.1 Å². The number of aliphatic hydroxyl groups excluding tert-OH is 1. The fourth-order valence-electron chi connectivity index (χ4n) is 2.42. The molecule has 0 spiro atoms. The number of likely N-dealkylation sites (tertiary alicyclic amines) is 1. The fourth-order valence-corrected chi connectivity index (χ4v) is 3.21. The summed E-state index contributed by atoms with van der Waals surface area (Å²) >= 11 is 1.64. The largest absolute Gasteiger partial charge is 0.396 e. The molecule has 1 atom stereocenters. The molecule has 1 unspecified atom stereocenters. The van der Waals surface area contributed by atoms with Crippen molar-refractivity contribution in [3.05, 3.63) is 35.5 Å². The minimum absolute atomic E-state index is 0.298.